The third kappa shape index (κ3) is 4.35. The Balaban J connectivity index is 1.59. The van der Waals surface area contributed by atoms with Gasteiger partial charge in [-0.3, -0.25) is 4.79 Å². The third-order valence-corrected chi connectivity index (χ3v) is 6.96. The van der Waals surface area contributed by atoms with E-state index in [2.05, 4.69) is 14.8 Å². The number of carbonyl (C=O) groups excluding carboxylic acids is 1. The molecule has 1 aliphatic heterocycles. The fourth-order valence-electron chi connectivity index (χ4n) is 3.92. The van der Waals surface area contributed by atoms with E-state index >= 15 is 0 Å². The number of nitrogens with one attached hydrogen (secondary N) is 1. The molecule has 1 saturated heterocycles. The van der Waals surface area contributed by atoms with Gasteiger partial charge >= 0.3 is 0 Å². The number of amides is 1. The number of carbonyl (C=O) groups is 1. The lowest BCUT2D eigenvalue weighted by Gasteiger charge is -2.31. The van der Waals surface area contributed by atoms with Crippen LogP contribution in [0, 0.1) is 12.7 Å². The number of aryl methyl sites for hydroxylation is 1. The van der Waals surface area contributed by atoms with E-state index < -0.39 is 15.8 Å². The number of piperazine rings is 1. The molecule has 10 heteroatoms. The van der Waals surface area contributed by atoms with E-state index in [4.69, 9.17) is 4.42 Å². The highest BCUT2D eigenvalue weighted by atomic mass is 32.2. The van der Waals surface area contributed by atoms with Crippen molar-refractivity contribution in [3.63, 3.8) is 0 Å². The first kappa shape index (κ1) is 21.5. The molecule has 0 radical (unpaired) electrons. The van der Waals surface area contributed by atoms with Crippen molar-refractivity contribution < 1.29 is 22.0 Å². The van der Waals surface area contributed by atoms with Gasteiger partial charge in [-0.25, -0.2) is 4.39 Å². The lowest BCUT2D eigenvalue weighted by molar-refractivity contribution is 0.0629. The predicted octanol–water partition coefficient (Wildman–Crippen LogP) is 2.13. The summed E-state index contributed by atoms with van der Waals surface area (Å²) >= 11 is 0. The monoisotopic (exact) mass is 448 g/mol. The van der Waals surface area contributed by atoms with Crippen LogP contribution in [0.4, 0.5) is 4.39 Å². The van der Waals surface area contributed by atoms with Crippen molar-refractivity contribution in [3.05, 3.63) is 52.7 Å². The van der Waals surface area contributed by atoms with E-state index in [1.165, 1.54) is 12.1 Å². The van der Waals surface area contributed by atoms with Crippen LogP contribution in [-0.2, 0) is 16.4 Å². The number of hydrazone groups is 1. The van der Waals surface area contributed by atoms with E-state index in [9.17, 15) is 17.6 Å². The fraction of sp³-hybridized carbons (Fsp3) is 0.429. The second-order valence-corrected chi connectivity index (χ2v) is 9.57. The molecule has 4 rings (SSSR count). The van der Waals surface area contributed by atoms with E-state index in [0.29, 0.717) is 54.3 Å². The maximum absolute atomic E-state index is 13.1. The number of sulfonamides is 1. The summed E-state index contributed by atoms with van der Waals surface area (Å²) in [6, 6.07) is 4.52. The van der Waals surface area contributed by atoms with E-state index in [-0.39, 0.29) is 10.8 Å². The summed E-state index contributed by atoms with van der Waals surface area (Å²) in [5, 5.41) is 4.14. The summed E-state index contributed by atoms with van der Waals surface area (Å²) in [5.41, 5.74) is 1.91. The number of fused-ring (bicyclic) bond motifs is 1. The van der Waals surface area contributed by atoms with Crippen molar-refractivity contribution in [1.82, 2.24) is 14.6 Å². The van der Waals surface area contributed by atoms with Crippen LogP contribution in [0.25, 0.3) is 0 Å². The normalized spacial score (nSPS) is 18.8. The Morgan fingerprint density at radius 3 is 2.48 bits per heavy atom. The number of furan rings is 1. The van der Waals surface area contributed by atoms with Crippen LogP contribution >= 0.6 is 0 Å². The number of halogens is 1. The molecular weight excluding hydrogens is 423 g/mol. The fourth-order valence-corrected chi connectivity index (χ4v) is 4.75. The Morgan fingerprint density at radius 2 is 1.81 bits per heavy atom. The molecule has 0 unspecified atom stereocenters. The highest BCUT2D eigenvalue weighted by molar-refractivity contribution is 7.89. The van der Waals surface area contributed by atoms with Gasteiger partial charge in [-0.2, -0.15) is 18.4 Å². The van der Waals surface area contributed by atoms with Crippen LogP contribution < -0.4 is 4.83 Å². The summed E-state index contributed by atoms with van der Waals surface area (Å²) in [5.74, 6) is 0.284. The SMILES string of the molecule is Cc1c(C(=O)N2CCN(C)CC2)oc2c1/C(=N/NS(=O)(=O)c1ccc(F)cc1)CCC2. The van der Waals surface area contributed by atoms with Crippen LogP contribution in [-0.4, -0.2) is 63.1 Å². The first-order chi connectivity index (χ1) is 14.8. The van der Waals surface area contributed by atoms with Crippen LogP contribution in [0.3, 0.4) is 0 Å². The molecule has 0 atom stereocenters. The van der Waals surface area contributed by atoms with Gasteiger partial charge in [0.15, 0.2) is 5.76 Å². The van der Waals surface area contributed by atoms with Crippen molar-refractivity contribution >= 4 is 21.6 Å². The predicted molar refractivity (Wildman–Crippen MR) is 113 cm³/mol. The quantitative estimate of drug-likeness (QED) is 0.723. The van der Waals surface area contributed by atoms with Crippen molar-refractivity contribution in [1.29, 1.82) is 0 Å². The van der Waals surface area contributed by atoms with Crippen LogP contribution in [0.1, 0.15) is 40.3 Å². The zero-order chi connectivity index (χ0) is 22.2. The summed E-state index contributed by atoms with van der Waals surface area (Å²) in [7, 11) is -1.92. The number of hydrogen-bond donors (Lipinski definition) is 1. The first-order valence-corrected chi connectivity index (χ1v) is 11.7. The Kier molecular flexibility index (Phi) is 5.85. The lowest BCUT2D eigenvalue weighted by Crippen LogP contribution is -2.47. The minimum absolute atomic E-state index is 0.0795. The zero-order valence-corrected chi connectivity index (χ0v) is 18.3. The third-order valence-electron chi connectivity index (χ3n) is 5.74. The summed E-state index contributed by atoms with van der Waals surface area (Å²) in [6.45, 7) is 4.70. The number of benzene rings is 1. The van der Waals surface area contributed by atoms with Crippen molar-refractivity contribution in [3.8, 4) is 0 Å². The molecule has 1 amide bonds. The Bertz CT molecular complexity index is 1120. The molecule has 0 bridgehead atoms. The van der Waals surface area contributed by atoms with E-state index in [0.717, 1.165) is 31.6 Å². The van der Waals surface area contributed by atoms with E-state index in [1.807, 2.05) is 7.05 Å². The van der Waals surface area contributed by atoms with Crippen molar-refractivity contribution in [2.24, 2.45) is 5.10 Å². The lowest BCUT2D eigenvalue weighted by atomic mass is 9.93. The second-order valence-electron chi connectivity index (χ2n) is 7.91. The van der Waals surface area contributed by atoms with Gasteiger partial charge in [-0.05, 0) is 51.1 Å². The highest BCUT2D eigenvalue weighted by Crippen LogP contribution is 2.31. The topological polar surface area (TPSA) is 95.2 Å². The largest absolute Gasteiger partial charge is 0.455 e. The van der Waals surface area contributed by atoms with Crippen LogP contribution in [0.5, 0.6) is 0 Å². The van der Waals surface area contributed by atoms with Crippen molar-refractivity contribution in [2.75, 3.05) is 33.2 Å². The number of hydrogen-bond acceptors (Lipinski definition) is 6. The van der Waals surface area contributed by atoms with Gasteiger partial charge in [-0.15, -0.1) is 0 Å². The molecule has 1 fully saturated rings. The second kappa shape index (κ2) is 8.43. The molecule has 1 aromatic carbocycles. The van der Waals surface area contributed by atoms with Gasteiger partial charge in [0.25, 0.3) is 15.9 Å². The van der Waals surface area contributed by atoms with Gasteiger partial charge < -0.3 is 14.2 Å². The molecule has 2 heterocycles. The molecule has 8 nitrogen and oxygen atoms in total. The zero-order valence-electron chi connectivity index (χ0n) is 17.5. The Labute approximate surface area is 180 Å². The molecule has 31 heavy (non-hydrogen) atoms. The van der Waals surface area contributed by atoms with Gasteiger partial charge in [-0.1, -0.05) is 0 Å². The average Bonchev–Trinajstić information content (AvgIpc) is 3.10. The number of nitrogens with zero attached hydrogens (tertiary/aromatic N) is 3. The van der Waals surface area contributed by atoms with Crippen LogP contribution in [0.15, 0.2) is 38.7 Å². The smallest absolute Gasteiger partial charge is 0.289 e. The molecule has 1 aliphatic carbocycles. The molecule has 166 valence electrons. The molecule has 0 spiro atoms. The molecule has 1 N–H and O–H groups in total. The summed E-state index contributed by atoms with van der Waals surface area (Å²) in [6.07, 6.45) is 1.95. The minimum Gasteiger partial charge on any atom is -0.455 e. The Hall–Kier alpha value is -2.72. The molecule has 2 aromatic rings. The van der Waals surface area contributed by atoms with Crippen LogP contribution in [0.2, 0.25) is 0 Å². The number of rotatable bonds is 4. The van der Waals surface area contributed by atoms with Gasteiger partial charge in [0, 0.05) is 43.7 Å². The minimum atomic E-state index is -3.94. The van der Waals surface area contributed by atoms with E-state index in [1.54, 1.807) is 11.8 Å². The summed E-state index contributed by atoms with van der Waals surface area (Å²) < 4.78 is 44.0. The summed E-state index contributed by atoms with van der Waals surface area (Å²) in [4.78, 5) is 19.1. The Morgan fingerprint density at radius 1 is 1.13 bits per heavy atom. The number of likely N-dealkylation sites (N-methyl/N-ethyl adjacent to an activating group) is 1. The molecule has 2 aliphatic rings. The standard InChI is InChI=1S/C21H25FN4O4S/c1-14-19-17(23-24-31(28,29)16-8-6-15(22)7-9-16)4-3-5-18(19)30-20(14)21(27)26-12-10-25(2)11-13-26/h6-9,24H,3-5,10-13H2,1-2H3/b23-17+. The van der Waals surface area contributed by atoms with Gasteiger partial charge in [0.1, 0.15) is 11.6 Å². The molecular formula is C21H25FN4O4S. The van der Waals surface area contributed by atoms with Gasteiger partial charge in [0.05, 0.1) is 10.6 Å². The highest BCUT2D eigenvalue weighted by Gasteiger charge is 2.31. The molecule has 0 saturated carbocycles. The maximum Gasteiger partial charge on any atom is 0.289 e. The maximum atomic E-state index is 13.1. The molecule has 1 aromatic heterocycles. The average molecular weight is 449 g/mol. The first-order valence-electron chi connectivity index (χ1n) is 10.2. The van der Waals surface area contributed by atoms with Crippen molar-refractivity contribution in [2.45, 2.75) is 31.1 Å². The van der Waals surface area contributed by atoms with Gasteiger partial charge in [0.2, 0.25) is 0 Å².